The van der Waals surface area contributed by atoms with Crippen molar-refractivity contribution in [2.24, 2.45) is 0 Å². The molecule has 3 heterocycles. The van der Waals surface area contributed by atoms with Gasteiger partial charge in [-0.1, -0.05) is 18.2 Å². The van der Waals surface area contributed by atoms with Crippen LogP contribution in [0.5, 0.6) is 11.5 Å². The number of aryl methyl sites for hydroxylation is 3. The normalized spacial score (nSPS) is 12.2. The lowest BCUT2D eigenvalue weighted by molar-refractivity contribution is -0.142. The maximum atomic E-state index is 12.9. The van der Waals surface area contributed by atoms with E-state index in [1.165, 1.54) is 10.9 Å². The zero-order valence-corrected chi connectivity index (χ0v) is 20.9. The predicted molar refractivity (Wildman–Crippen MR) is 136 cm³/mol. The summed E-state index contributed by atoms with van der Waals surface area (Å²) in [7, 11) is 0. The second-order valence-electron chi connectivity index (χ2n) is 9.11. The fraction of sp³-hybridized carbons (Fsp3) is 0.286. The standard InChI is InChI=1S/C28H27N3O6/c1-17-5-4-6-21-27(17)29-15-30(28(21)34)10-9-26(33)35-14-23(32)22-11-18(2)31(19(22)3)13-20-7-8-24-25(12-20)37-16-36-24/h4-8,11-12,15H,9-10,13-14,16H2,1-3H3. The largest absolute Gasteiger partial charge is 0.457 e. The number of ether oxygens (including phenoxy) is 3. The Bertz CT molecular complexity index is 1580. The van der Waals surface area contributed by atoms with Crippen molar-refractivity contribution in [1.29, 1.82) is 0 Å². The number of fused-ring (bicyclic) bond motifs is 2. The molecule has 0 atom stereocenters. The summed E-state index contributed by atoms with van der Waals surface area (Å²) in [5.74, 6) is 0.594. The fourth-order valence-corrected chi connectivity index (χ4v) is 4.55. The van der Waals surface area contributed by atoms with E-state index in [0.29, 0.717) is 28.8 Å². The van der Waals surface area contributed by atoms with Gasteiger partial charge >= 0.3 is 5.97 Å². The highest BCUT2D eigenvalue weighted by atomic mass is 16.7. The topological polar surface area (TPSA) is 102 Å². The molecule has 2 aromatic carbocycles. The van der Waals surface area contributed by atoms with Crippen LogP contribution in [0, 0.1) is 20.8 Å². The smallest absolute Gasteiger partial charge is 0.308 e. The molecule has 0 bridgehead atoms. The molecular formula is C28H27N3O6. The van der Waals surface area contributed by atoms with E-state index < -0.39 is 5.97 Å². The Hall–Kier alpha value is -4.40. The van der Waals surface area contributed by atoms with Crippen LogP contribution in [0.4, 0.5) is 0 Å². The SMILES string of the molecule is Cc1cccc2c(=O)n(CCC(=O)OCC(=O)c3cc(C)n(Cc4ccc5c(c4)OCO5)c3C)cnc12. The summed E-state index contributed by atoms with van der Waals surface area (Å²) in [4.78, 5) is 42.2. The van der Waals surface area contributed by atoms with Gasteiger partial charge in [0, 0.05) is 30.0 Å². The van der Waals surface area contributed by atoms with Crippen LogP contribution in [-0.4, -0.2) is 39.3 Å². The average molecular weight is 502 g/mol. The van der Waals surface area contributed by atoms with E-state index >= 15 is 0 Å². The number of para-hydroxylation sites is 1. The minimum absolute atomic E-state index is 0.0463. The summed E-state index contributed by atoms with van der Waals surface area (Å²) in [5, 5.41) is 0.502. The lowest BCUT2D eigenvalue weighted by Crippen LogP contribution is -2.23. The molecule has 37 heavy (non-hydrogen) atoms. The number of hydrogen-bond donors (Lipinski definition) is 0. The third kappa shape index (κ3) is 4.84. The van der Waals surface area contributed by atoms with Crippen molar-refractivity contribution in [1.82, 2.24) is 14.1 Å². The van der Waals surface area contributed by atoms with Crippen LogP contribution in [0.25, 0.3) is 10.9 Å². The van der Waals surface area contributed by atoms with E-state index in [2.05, 4.69) is 4.98 Å². The molecule has 9 nitrogen and oxygen atoms in total. The van der Waals surface area contributed by atoms with Gasteiger partial charge in [-0.2, -0.15) is 0 Å². The van der Waals surface area contributed by atoms with E-state index in [-0.39, 0.29) is 37.7 Å². The van der Waals surface area contributed by atoms with Crippen LogP contribution in [0.15, 0.2) is 53.6 Å². The van der Waals surface area contributed by atoms with Crippen LogP contribution in [0.1, 0.15) is 39.3 Å². The molecule has 0 radical (unpaired) electrons. The first-order valence-electron chi connectivity index (χ1n) is 12.0. The first kappa shape index (κ1) is 24.3. The van der Waals surface area contributed by atoms with Gasteiger partial charge in [0.05, 0.1) is 23.7 Å². The van der Waals surface area contributed by atoms with Gasteiger partial charge in [0.1, 0.15) is 0 Å². The molecule has 1 aliphatic rings. The van der Waals surface area contributed by atoms with Crippen LogP contribution in [-0.2, 0) is 22.6 Å². The molecule has 0 saturated carbocycles. The number of hydrogen-bond acceptors (Lipinski definition) is 7. The van der Waals surface area contributed by atoms with Gasteiger partial charge in [-0.3, -0.25) is 19.0 Å². The van der Waals surface area contributed by atoms with E-state index in [9.17, 15) is 14.4 Å². The summed E-state index contributed by atoms with van der Waals surface area (Å²) in [6.07, 6.45) is 1.39. The molecule has 9 heteroatoms. The summed E-state index contributed by atoms with van der Waals surface area (Å²) >= 11 is 0. The highest BCUT2D eigenvalue weighted by Gasteiger charge is 2.19. The number of nitrogens with zero attached hydrogens (tertiary/aromatic N) is 3. The molecule has 0 aliphatic carbocycles. The molecule has 2 aromatic heterocycles. The van der Waals surface area contributed by atoms with Crippen molar-refractivity contribution in [2.45, 2.75) is 40.3 Å². The second kappa shape index (κ2) is 9.93. The Balaban J connectivity index is 1.19. The Kier molecular flexibility index (Phi) is 6.52. The van der Waals surface area contributed by atoms with Gasteiger partial charge in [-0.25, -0.2) is 4.98 Å². The minimum atomic E-state index is -0.557. The summed E-state index contributed by atoms with van der Waals surface area (Å²) in [5.41, 5.74) is 4.58. The molecule has 0 fully saturated rings. The Morgan fingerprint density at radius 2 is 1.86 bits per heavy atom. The summed E-state index contributed by atoms with van der Waals surface area (Å²) < 4.78 is 19.5. The number of ketones is 1. The highest BCUT2D eigenvalue weighted by molar-refractivity contribution is 5.99. The zero-order chi connectivity index (χ0) is 26.1. The lowest BCUT2D eigenvalue weighted by Gasteiger charge is -2.11. The maximum Gasteiger partial charge on any atom is 0.308 e. The van der Waals surface area contributed by atoms with Gasteiger partial charge < -0.3 is 18.8 Å². The van der Waals surface area contributed by atoms with Gasteiger partial charge in [-0.05, 0) is 56.2 Å². The zero-order valence-electron chi connectivity index (χ0n) is 20.9. The molecule has 0 unspecified atom stereocenters. The van der Waals surface area contributed by atoms with Crippen molar-refractivity contribution in [3.8, 4) is 11.5 Å². The predicted octanol–water partition coefficient (Wildman–Crippen LogP) is 3.72. The molecule has 0 saturated heterocycles. The number of Topliss-reactive ketones (excluding diaryl/α,β-unsaturated/α-hetero) is 1. The first-order chi connectivity index (χ1) is 17.8. The molecule has 4 aromatic rings. The lowest BCUT2D eigenvalue weighted by atomic mass is 10.1. The van der Waals surface area contributed by atoms with Gasteiger partial charge in [0.15, 0.2) is 18.1 Å². The van der Waals surface area contributed by atoms with Gasteiger partial charge in [0.2, 0.25) is 12.6 Å². The third-order valence-corrected chi connectivity index (χ3v) is 6.63. The van der Waals surface area contributed by atoms with Crippen LogP contribution < -0.4 is 15.0 Å². The van der Waals surface area contributed by atoms with E-state index in [4.69, 9.17) is 14.2 Å². The first-order valence-corrected chi connectivity index (χ1v) is 12.0. The quantitative estimate of drug-likeness (QED) is 0.268. The van der Waals surface area contributed by atoms with Gasteiger partial charge in [0.25, 0.3) is 5.56 Å². The van der Waals surface area contributed by atoms with Crippen molar-refractivity contribution < 1.29 is 23.8 Å². The number of carbonyl (C=O) groups excluding carboxylic acids is 2. The molecule has 0 spiro atoms. The Morgan fingerprint density at radius 1 is 1.05 bits per heavy atom. The average Bonchev–Trinajstić information content (AvgIpc) is 3.47. The number of rotatable bonds is 8. The monoisotopic (exact) mass is 501 g/mol. The molecule has 0 N–H and O–H groups in total. The molecule has 5 rings (SSSR count). The summed E-state index contributed by atoms with van der Waals surface area (Å²) in [6, 6.07) is 13.0. The Morgan fingerprint density at radius 3 is 2.70 bits per heavy atom. The van der Waals surface area contributed by atoms with Crippen molar-refractivity contribution >= 4 is 22.7 Å². The Labute approximate surface area is 213 Å². The molecule has 1 aliphatic heterocycles. The summed E-state index contributed by atoms with van der Waals surface area (Å²) in [6.45, 7) is 6.23. The van der Waals surface area contributed by atoms with Crippen LogP contribution in [0.3, 0.4) is 0 Å². The van der Waals surface area contributed by atoms with Crippen LogP contribution >= 0.6 is 0 Å². The van der Waals surface area contributed by atoms with Crippen LogP contribution in [0.2, 0.25) is 0 Å². The van der Waals surface area contributed by atoms with E-state index in [0.717, 1.165) is 28.3 Å². The van der Waals surface area contributed by atoms with Crippen molar-refractivity contribution in [3.63, 3.8) is 0 Å². The number of carbonyl (C=O) groups is 2. The van der Waals surface area contributed by atoms with E-state index in [1.54, 1.807) is 18.2 Å². The third-order valence-electron chi connectivity index (χ3n) is 6.63. The minimum Gasteiger partial charge on any atom is -0.457 e. The van der Waals surface area contributed by atoms with Crippen molar-refractivity contribution in [3.05, 3.63) is 87.2 Å². The van der Waals surface area contributed by atoms with Crippen molar-refractivity contribution in [2.75, 3.05) is 13.4 Å². The molecular weight excluding hydrogens is 474 g/mol. The fourth-order valence-electron chi connectivity index (χ4n) is 4.55. The second-order valence-corrected chi connectivity index (χ2v) is 9.11. The van der Waals surface area contributed by atoms with Gasteiger partial charge in [-0.15, -0.1) is 0 Å². The number of benzene rings is 2. The molecule has 0 amide bonds. The molecule has 190 valence electrons. The number of esters is 1. The highest BCUT2D eigenvalue weighted by Crippen LogP contribution is 2.33. The van der Waals surface area contributed by atoms with E-state index in [1.807, 2.05) is 49.6 Å². The maximum absolute atomic E-state index is 12.9. The number of aromatic nitrogens is 3.